The minimum Gasteiger partial charge on any atom is -0.472 e. The van der Waals surface area contributed by atoms with Crippen molar-refractivity contribution in [1.29, 1.82) is 0 Å². The van der Waals surface area contributed by atoms with E-state index in [1.165, 1.54) is 18.8 Å². The quantitative estimate of drug-likeness (QED) is 0.632. The summed E-state index contributed by atoms with van der Waals surface area (Å²) in [4.78, 5) is 17.4. The van der Waals surface area contributed by atoms with Crippen molar-refractivity contribution in [2.24, 2.45) is 0 Å². The molecule has 0 fully saturated rings. The van der Waals surface area contributed by atoms with Crippen LogP contribution in [-0.4, -0.2) is 40.5 Å². The van der Waals surface area contributed by atoms with E-state index in [4.69, 9.17) is 21.2 Å². The third kappa shape index (κ3) is 3.65. The second-order valence-electron chi connectivity index (χ2n) is 6.02. The molecular weight excluding hydrogens is 318 g/mol. The van der Waals surface area contributed by atoms with Crippen LogP contribution >= 0.6 is 11.6 Å². The lowest BCUT2D eigenvalue weighted by molar-refractivity contribution is -0.0759. The second kappa shape index (κ2) is 6.22. The number of hydrogen-bond donors (Lipinski definition) is 0. The molecule has 2 aromatic rings. The Morgan fingerprint density at radius 2 is 2.04 bits per heavy atom. The van der Waals surface area contributed by atoms with Crippen LogP contribution in [0.25, 0.3) is 16.8 Å². The van der Waals surface area contributed by atoms with Gasteiger partial charge in [0.1, 0.15) is 5.60 Å². The van der Waals surface area contributed by atoms with Crippen molar-refractivity contribution in [2.75, 3.05) is 14.2 Å². The van der Waals surface area contributed by atoms with Crippen molar-refractivity contribution < 1.29 is 14.4 Å². The molecule has 1 aromatic carbocycles. The first-order chi connectivity index (χ1) is 10.6. The Labute approximate surface area is 140 Å². The fourth-order valence-electron chi connectivity index (χ4n) is 2.07. The van der Waals surface area contributed by atoms with Gasteiger partial charge in [0.15, 0.2) is 5.69 Å². The molecule has 1 heterocycles. The van der Waals surface area contributed by atoms with E-state index < -0.39 is 5.60 Å². The van der Waals surface area contributed by atoms with E-state index in [0.29, 0.717) is 21.8 Å². The normalized spacial score (nSPS) is 11.6. The molecule has 0 aliphatic heterocycles. The standard InChI is InChI=1S/C16H20ClN3O3/c1-10(23-16(2,3)4)20-13-8-7-11(17)9-12(13)14(18-20)15(21)19(5)22-6/h7-9H,1H2,2-6H3. The van der Waals surface area contributed by atoms with Gasteiger partial charge in [0, 0.05) is 17.5 Å². The Morgan fingerprint density at radius 1 is 1.39 bits per heavy atom. The van der Waals surface area contributed by atoms with Gasteiger partial charge in [-0.25, -0.2) is 9.75 Å². The number of carbonyl (C=O) groups is 1. The molecule has 0 aliphatic carbocycles. The Bertz CT molecular complexity index is 762. The molecule has 0 bridgehead atoms. The molecular formula is C16H20ClN3O3. The largest absolute Gasteiger partial charge is 0.472 e. The summed E-state index contributed by atoms with van der Waals surface area (Å²) in [7, 11) is 2.92. The molecule has 0 radical (unpaired) electrons. The minimum absolute atomic E-state index is 0.213. The van der Waals surface area contributed by atoms with Gasteiger partial charge in [0.25, 0.3) is 5.91 Å². The van der Waals surface area contributed by atoms with Gasteiger partial charge in [-0.05, 0) is 45.5 Å². The van der Waals surface area contributed by atoms with Crippen molar-refractivity contribution >= 4 is 34.3 Å². The lowest BCUT2D eigenvalue weighted by Crippen LogP contribution is -2.26. The molecule has 0 spiro atoms. The monoisotopic (exact) mass is 337 g/mol. The second-order valence-corrected chi connectivity index (χ2v) is 6.45. The lowest BCUT2D eigenvalue weighted by Gasteiger charge is -2.22. The molecule has 124 valence electrons. The predicted octanol–water partition coefficient (Wildman–Crippen LogP) is 3.57. The van der Waals surface area contributed by atoms with E-state index in [2.05, 4.69) is 11.7 Å². The van der Waals surface area contributed by atoms with Gasteiger partial charge in [0.2, 0.25) is 5.88 Å². The van der Waals surface area contributed by atoms with E-state index >= 15 is 0 Å². The Balaban J connectivity index is 2.59. The van der Waals surface area contributed by atoms with Crippen LogP contribution < -0.4 is 0 Å². The molecule has 6 nitrogen and oxygen atoms in total. The highest BCUT2D eigenvalue weighted by Crippen LogP contribution is 2.27. The lowest BCUT2D eigenvalue weighted by atomic mass is 10.2. The summed E-state index contributed by atoms with van der Waals surface area (Å²) in [5, 5.41) is 6.55. The number of hydroxylamine groups is 2. The first kappa shape index (κ1) is 17.3. The van der Waals surface area contributed by atoms with Crippen molar-refractivity contribution in [3.8, 4) is 0 Å². The first-order valence-corrected chi connectivity index (χ1v) is 7.40. The molecule has 0 N–H and O–H groups in total. The summed E-state index contributed by atoms with van der Waals surface area (Å²) < 4.78 is 7.25. The highest BCUT2D eigenvalue weighted by atomic mass is 35.5. The molecule has 0 saturated carbocycles. The third-order valence-electron chi connectivity index (χ3n) is 3.06. The van der Waals surface area contributed by atoms with Gasteiger partial charge < -0.3 is 4.74 Å². The average molecular weight is 338 g/mol. The van der Waals surface area contributed by atoms with E-state index in [-0.39, 0.29) is 11.6 Å². The molecule has 0 unspecified atom stereocenters. The Morgan fingerprint density at radius 3 is 2.61 bits per heavy atom. The number of ether oxygens (including phenoxy) is 1. The topological polar surface area (TPSA) is 56.6 Å². The zero-order valence-corrected chi connectivity index (χ0v) is 14.6. The van der Waals surface area contributed by atoms with Crippen LogP contribution in [0.1, 0.15) is 31.3 Å². The average Bonchev–Trinajstić information content (AvgIpc) is 2.82. The molecule has 23 heavy (non-hydrogen) atoms. The first-order valence-electron chi connectivity index (χ1n) is 7.03. The number of benzene rings is 1. The molecule has 0 atom stereocenters. The predicted molar refractivity (Wildman–Crippen MR) is 90.0 cm³/mol. The highest BCUT2D eigenvalue weighted by molar-refractivity contribution is 6.31. The zero-order valence-electron chi connectivity index (χ0n) is 13.9. The Hall–Kier alpha value is -2.05. The summed E-state index contributed by atoms with van der Waals surface area (Å²) in [6.45, 7) is 9.63. The molecule has 0 saturated heterocycles. The smallest absolute Gasteiger partial charge is 0.298 e. The summed E-state index contributed by atoms with van der Waals surface area (Å²) in [6, 6.07) is 5.17. The SMILES string of the molecule is C=C(OC(C)(C)C)n1nc(C(=O)N(C)OC)c2cc(Cl)ccc21. The summed E-state index contributed by atoms with van der Waals surface area (Å²) in [5.41, 5.74) is 0.456. The van der Waals surface area contributed by atoms with Crippen LogP contribution in [0.3, 0.4) is 0 Å². The van der Waals surface area contributed by atoms with Crippen molar-refractivity contribution in [3.63, 3.8) is 0 Å². The minimum atomic E-state index is -0.435. The van der Waals surface area contributed by atoms with Crippen LogP contribution in [0.4, 0.5) is 0 Å². The van der Waals surface area contributed by atoms with Gasteiger partial charge >= 0.3 is 0 Å². The number of hydrogen-bond acceptors (Lipinski definition) is 4. The van der Waals surface area contributed by atoms with Gasteiger partial charge in [0.05, 0.1) is 12.6 Å². The number of carbonyl (C=O) groups excluding carboxylic acids is 1. The van der Waals surface area contributed by atoms with E-state index in [9.17, 15) is 4.79 Å². The zero-order chi connectivity index (χ0) is 17.4. The summed E-state index contributed by atoms with van der Waals surface area (Å²) in [6.07, 6.45) is 0. The number of halogens is 1. The third-order valence-corrected chi connectivity index (χ3v) is 3.30. The van der Waals surface area contributed by atoms with Crippen LogP contribution in [0.5, 0.6) is 0 Å². The van der Waals surface area contributed by atoms with Gasteiger partial charge in [-0.2, -0.15) is 5.10 Å². The van der Waals surface area contributed by atoms with Crippen LogP contribution in [0, 0.1) is 0 Å². The molecule has 1 aromatic heterocycles. The number of aromatic nitrogens is 2. The number of nitrogens with zero attached hydrogens (tertiary/aromatic N) is 3. The fraction of sp³-hybridized carbons (Fsp3) is 0.375. The van der Waals surface area contributed by atoms with E-state index in [0.717, 1.165) is 5.06 Å². The number of rotatable bonds is 4. The van der Waals surface area contributed by atoms with Crippen molar-refractivity contribution in [1.82, 2.24) is 14.8 Å². The van der Waals surface area contributed by atoms with Gasteiger partial charge in [-0.3, -0.25) is 9.63 Å². The highest BCUT2D eigenvalue weighted by Gasteiger charge is 2.23. The maximum absolute atomic E-state index is 12.4. The number of fused-ring (bicyclic) bond motifs is 1. The van der Waals surface area contributed by atoms with Crippen molar-refractivity contribution in [3.05, 3.63) is 35.5 Å². The molecule has 2 rings (SSSR count). The number of amides is 1. The van der Waals surface area contributed by atoms with Crippen LogP contribution in [0.2, 0.25) is 5.02 Å². The molecule has 0 aliphatic rings. The summed E-state index contributed by atoms with van der Waals surface area (Å²) in [5.74, 6) is -0.0639. The van der Waals surface area contributed by atoms with Crippen LogP contribution in [0.15, 0.2) is 24.8 Å². The van der Waals surface area contributed by atoms with E-state index in [1.807, 2.05) is 20.8 Å². The fourth-order valence-corrected chi connectivity index (χ4v) is 2.24. The maximum Gasteiger partial charge on any atom is 0.298 e. The Kier molecular flexibility index (Phi) is 4.68. The molecule has 7 heteroatoms. The van der Waals surface area contributed by atoms with Gasteiger partial charge in [-0.1, -0.05) is 11.6 Å². The molecule has 1 amide bonds. The van der Waals surface area contributed by atoms with Crippen LogP contribution in [-0.2, 0) is 9.57 Å². The summed E-state index contributed by atoms with van der Waals surface area (Å²) >= 11 is 6.06. The van der Waals surface area contributed by atoms with E-state index in [1.54, 1.807) is 18.2 Å². The van der Waals surface area contributed by atoms with Crippen molar-refractivity contribution in [2.45, 2.75) is 26.4 Å². The van der Waals surface area contributed by atoms with Gasteiger partial charge in [-0.15, -0.1) is 0 Å². The maximum atomic E-state index is 12.4.